The quantitative estimate of drug-likeness (QED) is 0.592. The van der Waals surface area contributed by atoms with Crippen molar-refractivity contribution in [1.82, 2.24) is 16.0 Å². The fourth-order valence-electron chi connectivity index (χ4n) is 1.47. The van der Waals surface area contributed by atoms with Gasteiger partial charge in [0.05, 0.1) is 0 Å². The van der Waals surface area contributed by atoms with E-state index in [1.54, 1.807) is 11.4 Å². The van der Waals surface area contributed by atoms with E-state index < -0.39 is 0 Å². The third-order valence-corrected chi connectivity index (χ3v) is 3.15. The van der Waals surface area contributed by atoms with Crippen LogP contribution in [0.25, 0.3) is 0 Å². The van der Waals surface area contributed by atoms with Gasteiger partial charge in [-0.25, -0.2) is 0 Å². The second-order valence-electron chi connectivity index (χ2n) is 4.12. The Morgan fingerprint density at radius 1 is 1.16 bits per heavy atom. The highest BCUT2D eigenvalue weighted by molar-refractivity contribution is 7.08. The summed E-state index contributed by atoms with van der Waals surface area (Å²) in [6.07, 6.45) is 1.40. The predicted molar refractivity (Wildman–Crippen MR) is 77.4 cm³/mol. The first-order chi connectivity index (χ1) is 9.24. The average molecular weight is 283 g/mol. The van der Waals surface area contributed by atoms with Crippen molar-refractivity contribution in [2.75, 3.05) is 26.2 Å². The maximum absolute atomic E-state index is 11.6. The minimum Gasteiger partial charge on any atom is -0.355 e. The molecule has 0 aliphatic carbocycles. The van der Waals surface area contributed by atoms with Crippen LogP contribution in [0.5, 0.6) is 0 Å². The van der Waals surface area contributed by atoms with E-state index >= 15 is 0 Å². The van der Waals surface area contributed by atoms with Gasteiger partial charge in [0.25, 0.3) is 5.91 Å². The highest BCUT2D eigenvalue weighted by atomic mass is 32.1. The zero-order valence-electron chi connectivity index (χ0n) is 11.2. The van der Waals surface area contributed by atoms with Crippen LogP contribution in [0.2, 0.25) is 0 Å². The fourth-order valence-corrected chi connectivity index (χ4v) is 2.10. The number of hydrogen-bond donors (Lipinski definition) is 3. The summed E-state index contributed by atoms with van der Waals surface area (Å²) < 4.78 is 0. The second-order valence-corrected chi connectivity index (χ2v) is 4.90. The van der Waals surface area contributed by atoms with E-state index in [0.717, 1.165) is 19.5 Å². The molecule has 1 heterocycles. The van der Waals surface area contributed by atoms with Gasteiger partial charge in [-0.05, 0) is 24.4 Å². The number of hydrogen-bond acceptors (Lipinski definition) is 4. The molecule has 3 N–H and O–H groups in total. The first-order valence-electron chi connectivity index (χ1n) is 6.52. The lowest BCUT2D eigenvalue weighted by Crippen LogP contribution is -2.34. The molecule has 1 aromatic rings. The lowest BCUT2D eigenvalue weighted by atomic mass is 10.3. The number of rotatable bonds is 9. The third-order valence-electron chi connectivity index (χ3n) is 2.47. The molecule has 0 saturated carbocycles. The molecule has 0 atom stereocenters. The largest absolute Gasteiger partial charge is 0.355 e. The van der Waals surface area contributed by atoms with Crippen LogP contribution in [0.4, 0.5) is 0 Å². The molecule has 1 aromatic heterocycles. The van der Waals surface area contributed by atoms with Crippen molar-refractivity contribution in [3.05, 3.63) is 22.4 Å². The summed E-state index contributed by atoms with van der Waals surface area (Å²) in [5.41, 5.74) is 0.647. The molecule has 0 fully saturated rings. The van der Waals surface area contributed by atoms with E-state index in [2.05, 4.69) is 22.9 Å². The third kappa shape index (κ3) is 6.93. The number of carbonyl (C=O) groups excluding carboxylic acids is 2. The Morgan fingerprint density at radius 3 is 2.68 bits per heavy atom. The first kappa shape index (κ1) is 15.7. The van der Waals surface area contributed by atoms with Gasteiger partial charge < -0.3 is 16.0 Å². The average Bonchev–Trinajstić information content (AvgIpc) is 2.92. The Balaban J connectivity index is 2.02. The van der Waals surface area contributed by atoms with Crippen LogP contribution in [0.3, 0.4) is 0 Å². The normalized spacial score (nSPS) is 10.2. The molecule has 0 unspecified atom stereocenters. The molecule has 0 aliphatic heterocycles. The standard InChI is InChI=1S/C13H21N3O2S/c1-2-5-14-7-8-15-12(17)3-6-16-13(18)11-4-9-19-10-11/h4,9-10,14H,2-3,5-8H2,1H3,(H,15,17)(H,16,18). The summed E-state index contributed by atoms with van der Waals surface area (Å²) in [6.45, 7) is 4.83. The first-order valence-corrected chi connectivity index (χ1v) is 7.46. The van der Waals surface area contributed by atoms with Crippen LogP contribution in [0, 0.1) is 0 Å². The van der Waals surface area contributed by atoms with Crippen LogP contribution in [0.1, 0.15) is 30.1 Å². The topological polar surface area (TPSA) is 70.2 Å². The van der Waals surface area contributed by atoms with Crippen molar-refractivity contribution >= 4 is 23.2 Å². The Hall–Kier alpha value is -1.40. The summed E-state index contributed by atoms with van der Waals surface area (Å²) in [5.74, 6) is -0.164. The Labute approximate surface area is 117 Å². The number of nitrogens with one attached hydrogen (secondary N) is 3. The second kappa shape index (κ2) is 9.52. The Morgan fingerprint density at radius 2 is 2.00 bits per heavy atom. The number of amides is 2. The summed E-state index contributed by atoms with van der Waals surface area (Å²) >= 11 is 1.48. The molecule has 106 valence electrons. The molecule has 0 bridgehead atoms. The maximum atomic E-state index is 11.6. The van der Waals surface area contributed by atoms with Crippen LogP contribution >= 0.6 is 11.3 Å². The summed E-state index contributed by atoms with van der Waals surface area (Å²) in [6, 6.07) is 1.76. The van der Waals surface area contributed by atoms with Gasteiger partial charge in [0.15, 0.2) is 0 Å². The van der Waals surface area contributed by atoms with Crippen LogP contribution < -0.4 is 16.0 Å². The Kier molecular flexibility index (Phi) is 7.84. The molecule has 2 amide bonds. The monoisotopic (exact) mass is 283 g/mol. The molecular weight excluding hydrogens is 262 g/mol. The zero-order valence-corrected chi connectivity index (χ0v) is 12.0. The summed E-state index contributed by atoms with van der Waals surface area (Å²) in [7, 11) is 0. The van der Waals surface area contributed by atoms with Crippen LogP contribution in [0.15, 0.2) is 16.8 Å². The van der Waals surface area contributed by atoms with E-state index in [0.29, 0.717) is 25.1 Å². The smallest absolute Gasteiger partial charge is 0.252 e. The molecular formula is C13H21N3O2S. The van der Waals surface area contributed by atoms with Crippen molar-refractivity contribution in [3.8, 4) is 0 Å². The van der Waals surface area contributed by atoms with Gasteiger partial charge in [0, 0.05) is 37.0 Å². The van der Waals surface area contributed by atoms with Crippen molar-refractivity contribution in [3.63, 3.8) is 0 Å². The van der Waals surface area contributed by atoms with E-state index in [1.807, 2.05) is 5.38 Å². The van der Waals surface area contributed by atoms with E-state index in [4.69, 9.17) is 0 Å². The van der Waals surface area contributed by atoms with Gasteiger partial charge in [-0.3, -0.25) is 9.59 Å². The van der Waals surface area contributed by atoms with Crippen molar-refractivity contribution in [1.29, 1.82) is 0 Å². The van der Waals surface area contributed by atoms with Crippen molar-refractivity contribution in [2.45, 2.75) is 19.8 Å². The highest BCUT2D eigenvalue weighted by Crippen LogP contribution is 2.04. The fraction of sp³-hybridized carbons (Fsp3) is 0.538. The van der Waals surface area contributed by atoms with E-state index in [1.165, 1.54) is 11.3 Å². The highest BCUT2D eigenvalue weighted by Gasteiger charge is 2.06. The van der Waals surface area contributed by atoms with E-state index in [9.17, 15) is 9.59 Å². The minimum absolute atomic E-state index is 0.0380. The molecule has 0 saturated heterocycles. The minimum atomic E-state index is -0.126. The Bertz CT molecular complexity index is 379. The number of thiophene rings is 1. The predicted octanol–water partition coefficient (Wildman–Crippen LogP) is 0.984. The van der Waals surface area contributed by atoms with Gasteiger partial charge >= 0.3 is 0 Å². The molecule has 0 aromatic carbocycles. The molecule has 5 nitrogen and oxygen atoms in total. The van der Waals surface area contributed by atoms with Gasteiger partial charge in [-0.1, -0.05) is 6.92 Å². The van der Waals surface area contributed by atoms with Crippen molar-refractivity contribution < 1.29 is 9.59 Å². The SMILES string of the molecule is CCCNCCNC(=O)CCNC(=O)c1ccsc1. The molecule has 0 spiro atoms. The lowest BCUT2D eigenvalue weighted by Gasteiger charge is -2.06. The van der Waals surface area contributed by atoms with Crippen LogP contribution in [-0.2, 0) is 4.79 Å². The molecule has 19 heavy (non-hydrogen) atoms. The number of carbonyl (C=O) groups is 2. The molecule has 0 radical (unpaired) electrons. The van der Waals surface area contributed by atoms with Gasteiger partial charge in [-0.15, -0.1) is 0 Å². The summed E-state index contributed by atoms with van der Waals surface area (Å²) in [5, 5.41) is 12.4. The van der Waals surface area contributed by atoms with E-state index in [-0.39, 0.29) is 11.8 Å². The van der Waals surface area contributed by atoms with Gasteiger partial charge in [0.1, 0.15) is 0 Å². The van der Waals surface area contributed by atoms with Gasteiger partial charge in [0.2, 0.25) is 5.91 Å². The van der Waals surface area contributed by atoms with Gasteiger partial charge in [-0.2, -0.15) is 11.3 Å². The zero-order chi connectivity index (χ0) is 13.9. The molecule has 6 heteroatoms. The van der Waals surface area contributed by atoms with Crippen molar-refractivity contribution in [2.24, 2.45) is 0 Å². The van der Waals surface area contributed by atoms with Crippen LogP contribution in [-0.4, -0.2) is 38.0 Å². The molecule has 1 rings (SSSR count). The molecule has 0 aliphatic rings. The lowest BCUT2D eigenvalue weighted by molar-refractivity contribution is -0.120. The summed E-state index contributed by atoms with van der Waals surface area (Å²) in [4.78, 5) is 23.0. The maximum Gasteiger partial charge on any atom is 0.252 e.